The molecule has 0 fully saturated rings. The number of alkyl carbamates (subject to hydrolysis) is 1. The number of nitrogens with zero attached hydrogens (tertiary/aromatic N) is 2. The van der Waals surface area contributed by atoms with Crippen LogP contribution in [0.25, 0.3) is 22.4 Å². The van der Waals surface area contributed by atoms with E-state index in [1.165, 1.54) is 24.5 Å². The second kappa shape index (κ2) is 10.4. The van der Waals surface area contributed by atoms with Crippen molar-refractivity contribution in [3.8, 4) is 11.4 Å². The van der Waals surface area contributed by atoms with E-state index in [9.17, 15) is 18.0 Å². The van der Waals surface area contributed by atoms with Crippen LogP contribution in [0.4, 0.5) is 18.0 Å². The van der Waals surface area contributed by atoms with Crippen molar-refractivity contribution in [2.45, 2.75) is 52.6 Å². The number of benzene rings is 1. The van der Waals surface area contributed by atoms with E-state index in [1.807, 2.05) is 6.92 Å². The molecule has 0 aliphatic rings. The predicted molar refractivity (Wildman–Crippen MR) is 117 cm³/mol. The lowest BCUT2D eigenvalue weighted by Crippen LogP contribution is -2.32. The van der Waals surface area contributed by atoms with Gasteiger partial charge in [0.1, 0.15) is 23.7 Å². The molecular formula is C23H26F3N3O5. The molecule has 3 aromatic rings. The number of fused-ring (bicyclic) bond motifs is 1. The summed E-state index contributed by atoms with van der Waals surface area (Å²) in [5, 5.41) is 2.68. The van der Waals surface area contributed by atoms with E-state index in [0.29, 0.717) is 12.2 Å². The Bertz CT molecular complexity index is 1120. The summed E-state index contributed by atoms with van der Waals surface area (Å²) in [6.45, 7) is 7.66. The third-order valence-electron chi connectivity index (χ3n) is 4.38. The zero-order valence-electron chi connectivity index (χ0n) is 19.3. The van der Waals surface area contributed by atoms with Crippen molar-refractivity contribution < 1.29 is 36.6 Å². The molecule has 8 nitrogen and oxygen atoms in total. The Morgan fingerprint density at radius 1 is 1.09 bits per heavy atom. The molecule has 1 aromatic carbocycles. The number of ether oxygens (including phenoxy) is 3. The van der Waals surface area contributed by atoms with Crippen molar-refractivity contribution in [1.29, 1.82) is 0 Å². The molecule has 11 heteroatoms. The normalized spacial score (nSPS) is 12.2. The Labute approximate surface area is 194 Å². The maximum absolute atomic E-state index is 13.8. The lowest BCUT2D eigenvalue weighted by atomic mass is 10.1. The van der Waals surface area contributed by atoms with Gasteiger partial charge < -0.3 is 23.9 Å². The van der Waals surface area contributed by atoms with Crippen LogP contribution in [0.2, 0.25) is 0 Å². The number of hydrogen-bond acceptors (Lipinski definition) is 7. The van der Waals surface area contributed by atoms with Crippen molar-refractivity contribution in [3.63, 3.8) is 0 Å². The van der Waals surface area contributed by atoms with Crippen LogP contribution in [0.5, 0.6) is 0 Å². The molecule has 0 unspecified atom stereocenters. The molecule has 2 heterocycles. The number of halogens is 3. The maximum atomic E-state index is 13.8. The van der Waals surface area contributed by atoms with Crippen LogP contribution in [0.1, 0.15) is 44.6 Å². The van der Waals surface area contributed by atoms with Crippen LogP contribution in [0, 0.1) is 0 Å². The largest absolute Gasteiger partial charge is 0.459 e. The number of carbonyl (C=O) groups is 1. The van der Waals surface area contributed by atoms with Gasteiger partial charge >= 0.3 is 12.3 Å². The Hall–Kier alpha value is -3.18. The van der Waals surface area contributed by atoms with Gasteiger partial charge in [0, 0.05) is 35.5 Å². The highest BCUT2D eigenvalue weighted by Gasteiger charge is 2.35. The van der Waals surface area contributed by atoms with Gasteiger partial charge in [0.2, 0.25) is 0 Å². The molecule has 0 atom stereocenters. The summed E-state index contributed by atoms with van der Waals surface area (Å²) in [6, 6.07) is 3.88. The highest BCUT2D eigenvalue weighted by molar-refractivity contribution is 5.86. The highest BCUT2D eigenvalue weighted by Crippen LogP contribution is 2.38. The first-order valence-corrected chi connectivity index (χ1v) is 10.5. The molecule has 0 aliphatic heterocycles. The quantitative estimate of drug-likeness (QED) is 0.338. The molecule has 1 amide bonds. The molecule has 0 radical (unpaired) electrons. The zero-order valence-corrected chi connectivity index (χ0v) is 19.3. The molecule has 3 rings (SSSR count). The Balaban J connectivity index is 1.84. The van der Waals surface area contributed by atoms with Crippen LogP contribution >= 0.6 is 0 Å². The maximum Gasteiger partial charge on any atom is 0.420 e. The molecule has 0 bridgehead atoms. The van der Waals surface area contributed by atoms with Crippen molar-refractivity contribution in [1.82, 2.24) is 15.3 Å². The third kappa shape index (κ3) is 6.91. The molecule has 34 heavy (non-hydrogen) atoms. The molecule has 0 spiro atoms. The number of hydrogen-bond donors (Lipinski definition) is 1. The summed E-state index contributed by atoms with van der Waals surface area (Å²) < 4.78 is 62.2. The van der Waals surface area contributed by atoms with Gasteiger partial charge in [-0.25, -0.2) is 14.8 Å². The van der Waals surface area contributed by atoms with E-state index in [2.05, 4.69) is 15.3 Å². The fraction of sp³-hybridized carbons (Fsp3) is 0.435. The summed E-state index contributed by atoms with van der Waals surface area (Å²) in [4.78, 5) is 20.2. The van der Waals surface area contributed by atoms with E-state index in [-0.39, 0.29) is 48.1 Å². The number of rotatable bonds is 8. The molecule has 1 N–H and O–H groups in total. The van der Waals surface area contributed by atoms with Gasteiger partial charge in [-0.3, -0.25) is 0 Å². The van der Waals surface area contributed by atoms with Crippen LogP contribution in [-0.2, 0) is 33.5 Å². The van der Waals surface area contributed by atoms with Gasteiger partial charge in [-0.05, 0) is 45.9 Å². The summed E-state index contributed by atoms with van der Waals surface area (Å²) in [6.07, 6.45) is -2.41. The Morgan fingerprint density at radius 3 is 2.41 bits per heavy atom. The molecular weight excluding hydrogens is 455 g/mol. The summed E-state index contributed by atoms with van der Waals surface area (Å²) in [7, 11) is 0. The van der Waals surface area contributed by atoms with Gasteiger partial charge in [-0.2, -0.15) is 13.2 Å². The SMILES string of the molecule is CCOCOCc1cnc(-c2cc(C(F)(F)F)c3oc(CNC(=O)OC(C)(C)C)cc3c2)nc1. The summed E-state index contributed by atoms with van der Waals surface area (Å²) in [5.41, 5.74) is -1.18. The third-order valence-corrected chi connectivity index (χ3v) is 4.38. The first-order chi connectivity index (χ1) is 16.0. The van der Waals surface area contributed by atoms with Crippen LogP contribution in [-0.4, -0.2) is 35.1 Å². The number of nitrogens with one attached hydrogen (secondary N) is 1. The molecule has 0 aliphatic carbocycles. The van der Waals surface area contributed by atoms with E-state index in [1.54, 1.807) is 20.8 Å². The van der Waals surface area contributed by atoms with Crippen molar-refractivity contribution >= 4 is 17.1 Å². The second-order valence-corrected chi connectivity index (χ2v) is 8.38. The fourth-order valence-corrected chi connectivity index (χ4v) is 2.99. The van der Waals surface area contributed by atoms with E-state index in [4.69, 9.17) is 18.6 Å². The second-order valence-electron chi connectivity index (χ2n) is 8.38. The molecule has 2 aromatic heterocycles. The lowest BCUT2D eigenvalue weighted by Gasteiger charge is -2.19. The smallest absolute Gasteiger partial charge is 0.420 e. The van der Waals surface area contributed by atoms with Crippen LogP contribution in [0.15, 0.2) is 35.0 Å². The van der Waals surface area contributed by atoms with Crippen LogP contribution < -0.4 is 5.32 Å². The minimum atomic E-state index is -4.67. The van der Waals surface area contributed by atoms with E-state index >= 15 is 0 Å². The number of alkyl halides is 3. The minimum Gasteiger partial charge on any atom is -0.459 e. The van der Waals surface area contributed by atoms with Crippen LogP contribution in [0.3, 0.4) is 0 Å². The highest BCUT2D eigenvalue weighted by atomic mass is 19.4. The summed E-state index contributed by atoms with van der Waals surface area (Å²) >= 11 is 0. The predicted octanol–water partition coefficient (Wildman–Crippen LogP) is 5.44. The van der Waals surface area contributed by atoms with Gasteiger partial charge in [-0.15, -0.1) is 0 Å². The zero-order chi connectivity index (χ0) is 24.9. The number of carbonyl (C=O) groups excluding carboxylic acids is 1. The number of aromatic nitrogens is 2. The van der Waals surface area contributed by atoms with Crippen molar-refractivity contribution in [2.24, 2.45) is 0 Å². The summed E-state index contributed by atoms with van der Waals surface area (Å²) in [5.74, 6) is 0.266. The average molecular weight is 481 g/mol. The lowest BCUT2D eigenvalue weighted by molar-refractivity contribution is -0.136. The topological polar surface area (TPSA) is 95.7 Å². The van der Waals surface area contributed by atoms with Gasteiger partial charge in [0.15, 0.2) is 5.82 Å². The van der Waals surface area contributed by atoms with Crippen molar-refractivity contribution in [3.05, 3.63) is 47.5 Å². The standard InChI is InChI=1S/C23H26F3N3O5/c1-5-31-13-32-12-14-9-27-20(28-10-14)16-6-15-7-17(11-29-21(30)34-22(2,3)4)33-19(15)18(8-16)23(24,25)26/h6-10H,5,11-13H2,1-4H3,(H,29,30). The van der Waals surface area contributed by atoms with Gasteiger partial charge in [0.25, 0.3) is 0 Å². The van der Waals surface area contributed by atoms with E-state index < -0.39 is 23.4 Å². The Kier molecular flexibility index (Phi) is 7.78. The van der Waals surface area contributed by atoms with Gasteiger partial charge in [0.05, 0.1) is 18.7 Å². The minimum absolute atomic E-state index is 0.121. The number of amides is 1. The monoisotopic (exact) mass is 481 g/mol. The first-order valence-electron chi connectivity index (χ1n) is 10.5. The molecule has 0 saturated carbocycles. The molecule has 0 saturated heterocycles. The first kappa shape index (κ1) is 25.4. The van der Waals surface area contributed by atoms with Crippen molar-refractivity contribution in [2.75, 3.05) is 13.4 Å². The Morgan fingerprint density at radius 2 is 1.79 bits per heavy atom. The molecule has 184 valence electrons. The average Bonchev–Trinajstić information content (AvgIpc) is 3.16. The number of furan rings is 1. The van der Waals surface area contributed by atoms with Gasteiger partial charge in [-0.1, -0.05) is 0 Å². The van der Waals surface area contributed by atoms with E-state index in [0.717, 1.165) is 6.07 Å². The fourth-order valence-electron chi connectivity index (χ4n) is 2.99.